The van der Waals surface area contributed by atoms with Crippen molar-refractivity contribution >= 4 is 99.4 Å². The molecule has 0 heterocycles. The molecule has 0 aliphatic rings. The van der Waals surface area contributed by atoms with Gasteiger partial charge in [-0.15, -0.1) is 0 Å². The molecule has 0 radical (unpaired) electrons. The van der Waals surface area contributed by atoms with Crippen molar-refractivity contribution in [1.82, 2.24) is 0 Å². The molecule has 2 aromatic carbocycles. The third-order valence-electron chi connectivity index (χ3n) is 2.67. The van der Waals surface area contributed by atoms with E-state index < -0.39 is 23.9 Å². The Labute approximate surface area is 207 Å². The molecule has 2 aromatic rings. The maximum absolute atomic E-state index is 10.3. The molecule has 0 aliphatic heterocycles. The Morgan fingerprint density at radius 1 is 0.500 bits per heavy atom. The fraction of sp³-hybridized carbons (Fsp3) is 0. The molecule has 2 rings (SSSR count). The Morgan fingerprint density at radius 3 is 0.846 bits per heavy atom. The molecule has 26 heavy (non-hydrogen) atoms. The number of aromatic carboxylic acids is 4. The monoisotopic (exact) mass is 408 g/mol. The van der Waals surface area contributed by atoms with Gasteiger partial charge in [0.1, 0.15) is 0 Å². The molecule has 0 fully saturated rings. The van der Waals surface area contributed by atoms with Crippen molar-refractivity contribution in [3.63, 3.8) is 0 Å². The first kappa shape index (κ1) is 27.1. The van der Waals surface area contributed by atoms with Gasteiger partial charge in [-0.05, 0) is 34.4 Å². The maximum atomic E-state index is 10.3. The molecule has 0 atom stereocenters. The molecule has 0 aromatic heterocycles. The number of carbonyl (C=O) groups excluding carboxylic acids is 4. The van der Waals surface area contributed by atoms with Crippen LogP contribution in [0.25, 0.3) is 0 Å². The van der Waals surface area contributed by atoms with Gasteiger partial charge in [0, 0.05) is 0 Å². The van der Waals surface area contributed by atoms with Gasteiger partial charge in [0.15, 0.2) is 0 Å². The van der Waals surface area contributed by atoms with Crippen LogP contribution in [0.5, 0.6) is 0 Å². The molecule has 10 heteroatoms. The molecule has 0 saturated carbocycles. The van der Waals surface area contributed by atoms with Crippen LogP contribution in [-0.4, -0.2) is 99.4 Å². The number of carboxylic acid groups (broad SMARTS) is 4. The SMILES string of the molecule is O=C([O-])c1cccc(C(=O)[O-])c1.O=C([O-])c1cccc(C(=O)[O-])c1.[Ca+2].[Ca+2]. The fourth-order valence-electron chi connectivity index (χ4n) is 1.55. The zero-order valence-electron chi connectivity index (χ0n) is 13.3. The van der Waals surface area contributed by atoms with Gasteiger partial charge < -0.3 is 39.6 Å². The van der Waals surface area contributed by atoms with Crippen molar-refractivity contribution in [3.05, 3.63) is 70.8 Å². The van der Waals surface area contributed by atoms with E-state index in [4.69, 9.17) is 0 Å². The molecular weight excluding hydrogens is 400 g/mol. The van der Waals surface area contributed by atoms with Crippen molar-refractivity contribution in [1.29, 1.82) is 0 Å². The Kier molecular flexibility index (Phi) is 13.6. The van der Waals surface area contributed by atoms with Crippen LogP contribution >= 0.6 is 0 Å². The predicted molar refractivity (Wildman–Crippen MR) is 81.7 cm³/mol. The van der Waals surface area contributed by atoms with Gasteiger partial charge in [0.25, 0.3) is 0 Å². The van der Waals surface area contributed by atoms with Crippen molar-refractivity contribution in [3.8, 4) is 0 Å². The number of hydrogen-bond acceptors (Lipinski definition) is 8. The van der Waals surface area contributed by atoms with Crippen LogP contribution < -0.4 is 20.4 Å². The van der Waals surface area contributed by atoms with Gasteiger partial charge >= 0.3 is 75.5 Å². The van der Waals surface area contributed by atoms with Crippen LogP contribution in [0.1, 0.15) is 41.4 Å². The minimum absolute atomic E-state index is 0. The second-order valence-corrected chi connectivity index (χ2v) is 4.31. The van der Waals surface area contributed by atoms with Gasteiger partial charge in [-0.2, -0.15) is 0 Å². The number of hydrogen-bond donors (Lipinski definition) is 0. The first-order valence-corrected chi connectivity index (χ1v) is 6.28. The summed E-state index contributed by atoms with van der Waals surface area (Å²) in [6.45, 7) is 0. The van der Waals surface area contributed by atoms with Gasteiger partial charge in [-0.25, -0.2) is 0 Å². The van der Waals surface area contributed by atoms with Crippen molar-refractivity contribution < 1.29 is 39.6 Å². The Bertz CT molecular complexity index is 678. The number of carbonyl (C=O) groups is 4. The minimum Gasteiger partial charge on any atom is -0.545 e. The summed E-state index contributed by atoms with van der Waals surface area (Å²) in [5, 5.41) is 41.0. The zero-order chi connectivity index (χ0) is 18.3. The first-order chi connectivity index (χ1) is 11.2. The van der Waals surface area contributed by atoms with Crippen LogP contribution in [0.2, 0.25) is 0 Å². The van der Waals surface area contributed by atoms with E-state index in [0.29, 0.717) is 0 Å². The largest absolute Gasteiger partial charge is 2.00 e. The van der Waals surface area contributed by atoms with E-state index in [-0.39, 0.29) is 97.7 Å². The summed E-state index contributed by atoms with van der Waals surface area (Å²) in [4.78, 5) is 41.0. The van der Waals surface area contributed by atoms with Gasteiger partial charge in [0.2, 0.25) is 0 Å². The molecule has 0 N–H and O–H groups in total. The van der Waals surface area contributed by atoms with E-state index in [9.17, 15) is 39.6 Å². The number of benzene rings is 2. The molecule has 0 aliphatic carbocycles. The van der Waals surface area contributed by atoms with Crippen molar-refractivity contribution in [2.45, 2.75) is 0 Å². The quantitative estimate of drug-likeness (QED) is 0.463. The molecule has 8 nitrogen and oxygen atoms in total. The van der Waals surface area contributed by atoms with E-state index in [0.717, 1.165) is 12.1 Å². The normalized spacial score (nSPS) is 8.62. The number of rotatable bonds is 4. The van der Waals surface area contributed by atoms with Gasteiger partial charge in [-0.1, -0.05) is 36.4 Å². The standard InChI is InChI=1S/2C8H6O4.2Ca/c2*9-7(10)5-2-1-3-6(4-5)8(11)12;;/h2*1-4H,(H,9,10)(H,11,12);;/q;;2*+2/p-4. The van der Waals surface area contributed by atoms with E-state index in [1.165, 1.54) is 36.4 Å². The smallest absolute Gasteiger partial charge is 0.545 e. The minimum atomic E-state index is -1.40. The third kappa shape index (κ3) is 8.97. The van der Waals surface area contributed by atoms with Crippen LogP contribution in [0.15, 0.2) is 48.5 Å². The van der Waals surface area contributed by atoms with Crippen LogP contribution in [0.4, 0.5) is 0 Å². The second-order valence-electron chi connectivity index (χ2n) is 4.31. The van der Waals surface area contributed by atoms with E-state index in [1.54, 1.807) is 0 Å². The third-order valence-corrected chi connectivity index (χ3v) is 2.67. The summed E-state index contributed by atoms with van der Waals surface area (Å²) in [5.41, 5.74) is -0.679. The maximum Gasteiger partial charge on any atom is 2.00 e. The average Bonchev–Trinajstić information content (AvgIpc) is 2.55. The summed E-state index contributed by atoms with van der Waals surface area (Å²) in [6, 6.07) is 9.62. The topological polar surface area (TPSA) is 161 Å². The van der Waals surface area contributed by atoms with E-state index >= 15 is 0 Å². The van der Waals surface area contributed by atoms with Gasteiger partial charge in [0.05, 0.1) is 23.9 Å². The molecule has 0 bridgehead atoms. The summed E-state index contributed by atoms with van der Waals surface area (Å²) >= 11 is 0. The fourth-order valence-corrected chi connectivity index (χ4v) is 1.55. The van der Waals surface area contributed by atoms with Crippen LogP contribution in [0.3, 0.4) is 0 Å². The van der Waals surface area contributed by atoms with Crippen molar-refractivity contribution in [2.24, 2.45) is 0 Å². The predicted octanol–water partition coefficient (Wildman–Crippen LogP) is -3.93. The summed E-state index contributed by atoms with van der Waals surface area (Å²) in [5.74, 6) is -5.62. The average molecular weight is 408 g/mol. The molecule has 124 valence electrons. The van der Waals surface area contributed by atoms with Gasteiger partial charge in [-0.3, -0.25) is 0 Å². The van der Waals surface area contributed by atoms with Crippen molar-refractivity contribution in [2.75, 3.05) is 0 Å². The van der Waals surface area contributed by atoms with E-state index in [2.05, 4.69) is 0 Å². The van der Waals surface area contributed by atoms with E-state index in [1.807, 2.05) is 0 Å². The molecular formula is C16H8Ca2O8. The number of carboxylic acids is 4. The summed E-state index contributed by atoms with van der Waals surface area (Å²) in [6.07, 6.45) is 0. The molecule has 0 saturated heterocycles. The Morgan fingerprint density at radius 2 is 0.692 bits per heavy atom. The Hall–Kier alpha value is -1.16. The summed E-state index contributed by atoms with van der Waals surface area (Å²) < 4.78 is 0. The zero-order valence-corrected chi connectivity index (χ0v) is 17.7. The molecule has 0 amide bonds. The summed E-state index contributed by atoms with van der Waals surface area (Å²) in [7, 11) is 0. The molecule has 0 unspecified atom stereocenters. The van der Waals surface area contributed by atoms with Crippen LogP contribution in [0, 0.1) is 0 Å². The Balaban J connectivity index is 0. The molecule has 0 spiro atoms. The second kappa shape index (κ2) is 13.1. The van der Waals surface area contributed by atoms with Crippen LogP contribution in [-0.2, 0) is 0 Å². The first-order valence-electron chi connectivity index (χ1n) is 6.28.